The SMILES string of the molecule is Nc1cc(F)c([N+](=O)[O-])cc1O. The van der Waals surface area contributed by atoms with E-state index in [0.717, 1.165) is 0 Å². The first-order valence-corrected chi connectivity index (χ1v) is 2.94. The van der Waals surface area contributed by atoms with Crippen molar-refractivity contribution in [3.8, 4) is 5.75 Å². The normalized spacial score (nSPS) is 9.75. The van der Waals surface area contributed by atoms with E-state index in [-0.39, 0.29) is 5.69 Å². The number of anilines is 1. The average molecular weight is 172 g/mol. The second-order valence-corrected chi connectivity index (χ2v) is 2.12. The molecule has 64 valence electrons. The van der Waals surface area contributed by atoms with Gasteiger partial charge in [0.2, 0.25) is 5.82 Å². The van der Waals surface area contributed by atoms with E-state index in [0.29, 0.717) is 12.1 Å². The van der Waals surface area contributed by atoms with Crippen LogP contribution in [0.3, 0.4) is 0 Å². The summed E-state index contributed by atoms with van der Waals surface area (Å²) in [6.45, 7) is 0. The molecule has 12 heavy (non-hydrogen) atoms. The fourth-order valence-electron chi connectivity index (χ4n) is 0.706. The molecule has 0 radical (unpaired) electrons. The molecule has 0 aromatic heterocycles. The maximum atomic E-state index is 12.6. The van der Waals surface area contributed by atoms with Crippen molar-refractivity contribution in [2.45, 2.75) is 0 Å². The van der Waals surface area contributed by atoms with Gasteiger partial charge in [0.05, 0.1) is 16.7 Å². The molecule has 0 unspecified atom stereocenters. The van der Waals surface area contributed by atoms with E-state index in [1.165, 1.54) is 0 Å². The van der Waals surface area contributed by atoms with Gasteiger partial charge in [0.1, 0.15) is 5.75 Å². The summed E-state index contributed by atoms with van der Waals surface area (Å²) in [5.74, 6) is -1.56. The molecule has 0 aliphatic carbocycles. The molecule has 5 nitrogen and oxygen atoms in total. The molecule has 6 heteroatoms. The molecule has 1 rings (SSSR count). The first-order chi connectivity index (χ1) is 5.52. The highest BCUT2D eigenvalue weighted by Crippen LogP contribution is 2.28. The molecule has 1 aromatic carbocycles. The van der Waals surface area contributed by atoms with Gasteiger partial charge < -0.3 is 10.8 Å². The Morgan fingerprint density at radius 2 is 2.17 bits per heavy atom. The van der Waals surface area contributed by atoms with Crippen molar-refractivity contribution in [1.29, 1.82) is 0 Å². The van der Waals surface area contributed by atoms with Crippen LogP contribution >= 0.6 is 0 Å². The first kappa shape index (κ1) is 8.25. The van der Waals surface area contributed by atoms with Gasteiger partial charge in [-0.05, 0) is 0 Å². The summed E-state index contributed by atoms with van der Waals surface area (Å²) in [6, 6.07) is 1.37. The number of phenols is 1. The van der Waals surface area contributed by atoms with Crippen molar-refractivity contribution in [2.24, 2.45) is 0 Å². The lowest BCUT2D eigenvalue weighted by atomic mass is 10.2. The molecular formula is C6H5FN2O3. The minimum Gasteiger partial charge on any atom is -0.506 e. The van der Waals surface area contributed by atoms with E-state index in [2.05, 4.69) is 0 Å². The maximum absolute atomic E-state index is 12.6. The summed E-state index contributed by atoms with van der Waals surface area (Å²) < 4.78 is 12.6. The molecule has 0 heterocycles. The maximum Gasteiger partial charge on any atom is 0.308 e. The molecule has 3 N–H and O–H groups in total. The highest BCUT2D eigenvalue weighted by molar-refractivity contribution is 5.57. The summed E-state index contributed by atoms with van der Waals surface area (Å²) in [7, 11) is 0. The van der Waals surface area contributed by atoms with Gasteiger partial charge in [0.15, 0.2) is 0 Å². The van der Waals surface area contributed by atoms with Crippen LogP contribution in [-0.2, 0) is 0 Å². The average Bonchev–Trinajstić information content (AvgIpc) is 1.96. The Kier molecular flexibility index (Phi) is 1.82. The van der Waals surface area contributed by atoms with Crippen molar-refractivity contribution < 1.29 is 14.4 Å². The molecule has 0 aliphatic rings. The van der Waals surface area contributed by atoms with Crippen LogP contribution in [-0.4, -0.2) is 10.0 Å². The van der Waals surface area contributed by atoms with Gasteiger partial charge in [-0.3, -0.25) is 10.1 Å². The van der Waals surface area contributed by atoms with Gasteiger partial charge in [0.25, 0.3) is 0 Å². The fourth-order valence-corrected chi connectivity index (χ4v) is 0.706. The summed E-state index contributed by atoms with van der Waals surface area (Å²) >= 11 is 0. The Balaban J connectivity index is 3.33. The lowest BCUT2D eigenvalue weighted by Gasteiger charge is -1.98. The number of benzene rings is 1. The van der Waals surface area contributed by atoms with Crippen molar-refractivity contribution >= 4 is 11.4 Å². The predicted octanol–water partition coefficient (Wildman–Crippen LogP) is 1.02. The molecule has 0 spiro atoms. The zero-order valence-electron chi connectivity index (χ0n) is 5.82. The summed E-state index contributed by atoms with van der Waals surface area (Å²) in [4.78, 5) is 9.16. The lowest BCUT2D eigenvalue weighted by Crippen LogP contribution is -1.94. The molecule has 0 saturated carbocycles. The van der Waals surface area contributed by atoms with E-state index in [4.69, 9.17) is 10.8 Å². The van der Waals surface area contributed by atoms with Crippen LogP contribution < -0.4 is 5.73 Å². The minimum absolute atomic E-state index is 0.224. The van der Waals surface area contributed by atoms with Crippen LogP contribution in [0.2, 0.25) is 0 Å². The van der Waals surface area contributed by atoms with Gasteiger partial charge in [-0.15, -0.1) is 0 Å². The summed E-state index contributed by atoms with van der Waals surface area (Å²) in [5, 5.41) is 19.0. The van der Waals surface area contributed by atoms with E-state index < -0.39 is 22.2 Å². The number of aromatic hydroxyl groups is 1. The Morgan fingerprint density at radius 1 is 1.58 bits per heavy atom. The predicted molar refractivity (Wildman–Crippen MR) is 39.1 cm³/mol. The molecule has 0 aliphatic heterocycles. The molecule has 0 saturated heterocycles. The Labute approximate surface area is 66.4 Å². The van der Waals surface area contributed by atoms with E-state index in [1.807, 2.05) is 0 Å². The van der Waals surface area contributed by atoms with Crippen LogP contribution in [0.25, 0.3) is 0 Å². The molecule has 0 bridgehead atoms. The number of nitro groups is 1. The highest BCUT2D eigenvalue weighted by Gasteiger charge is 2.16. The number of rotatable bonds is 1. The van der Waals surface area contributed by atoms with Gasteiger partial charge in [0, 0.05) is 6.07 Å². The second kappa shape index (κ2) is 2.65. The van der Waals surface area contributed by atoms with Crippen LogP contribution in [0.4, 0.5) is 15.8 Å². The number of nitro benzene ring substituents is 1. The number of nitrogen functional groups attached to an aromatic ring is 1. The quantitative estimate of drug-likeness (QED) is 0.286. The summed E-state index contributed by atoms with van der Waals surface area (Å²) in [6.07, 6.45) is 0. The third-order valence-corrected chi connectivity index (χ3v) is 1.29. The van der Waals surface area contributed by atoms with Gasteiger partial charge in [-0.1, -0.05) is 0 Å². The minimum atomic E-state index is -1.06. The number of hydrogen-bond donors (Lipinski definition) is 2. The second-order valence-electron chi connectivity index (χ2n) is 2.12. The number of halogens is 1. The topological polar surface area (TPSA) is 89.4 Å². The smallest absolute Gasteiger partial charge is 0.308 e. The van der Waals surface area contributed by atoms with Crippen LogP contribution in [0.5, 0.6) is 5.75 Å². The van der Waals surface area contributed by atoms with Gasteiger partial charge in [-0.2, -0.15) is 4.39 Å². The van der Waals surface area contributed by atoms with Crippen molar-refractivity contribution in [1.82, 2.24) is 0 Å². The molecule has 1 aromatic rings. The number of hydrogen-bond acceptors (Lipinski definition) is 4. The molecule has 0 amide bonds. The van der Waals surface area contributed by atoms with E-state index in [1.54, 1.807) is 0 Å². The standard InChI is InChI=1S/C6H5FN2O3/c7-3-1-4(8)6(10)2-5(3)9(11)12/h1-2,10H,8H2. The number of nitrogens with two attached hydrogens (primary N) is 1. The van der Waals surface area contributed by atoms with Crippen LogP contribution in [0.15, 0.2) is 12.1 Å². The number of nitrogens with zero attached hydrogens (tertiary/aromatic N) is 1. The third kappa shape index (κ3) is 1.26. The Morgan fingerprint density at radius 3 is 2.67 bits per heavy atom. The Hall–Kier alpha value is -1.85. The Bertz CT molecular complexity index is 340. The molecule has 0 atom stereocenters. The van der Waals surface area contributed by atoms with Gasteiger partial charge >= 0.3 is 5.69 Å². The lowest BCUT2D eigenvalue weighted by molar-refractivity contribution is -0.387. The fraction of sp³-hybridized carbons (Fsp3) is 0. The van der Waals surface area contributed by atoms with Crippen LogP contribution in [0.1, 0.15) is 0 Å². The van der Waals surface area contributed by atoms with Crippen molar-refractivity contribution in [2.75, 3.05) is 5.73 Å². The number of phenolic OH excluding ortho intramolecular Hbond substituents is 1. The zero-order valence-corrected chi connectivity index (χ0v) is 5.82. The van der Waals surface area contributed by atoms with Crippen molar-refractivity contribution in [3.05, 3.63) is 28.1 Å². The largest absolute Gasteiger partial charge is 0.506 e. The molecular weight excluding hydrogens is 167 g/mol. The van der Waals surface area contributed by atoms with Crippen molar-refractivity contribution in [3.63, 3.8) is 0 Å². The van der Waals surface area contributed by atoms with Gasteiger partial charge in [-0.25, -0.2) is 0 Å². The third-order valence-electron chi connectivity index (χ3n) is 1.29. The monoisotopic (exact) mass is 172 g/mol. The zero-order chi connectivity index (χ0) is 9.30. The highest BCUT2D eigenvalue weighted by atomic mass is 19.1. The van der Waals surface area contributed by atoms with Crippen LogP contribution in [0, 0.1) is 15.9 Å². The first-order valence-electron chi connectivity index (χ1n) is 2.94. The summed E-state index contributed by atoms with van der Waals surface area (Å²) in [5.41, 5.74) is 4.06. The molecule has 0 fully saturated rings. The van der Waals surface area contributed by atoms with E-state index >= 15 is 0 Å². The van der Waals surface area contributed by atoms with E-state index in [9.17, 15) is 14.5 Å².